The van der Waals surface area contributed by atoms with Gasteiger partial charge in [-0.05, 0) is 6.42 Å². The Kier molecular flexibility index (Phi) is 9.12. The van der Waals surface area contributed by atoms with Gasteiger partial charge >= 0.3 is 54.0 Å². The Morgan fingerprint density at radius 2 is 1.06 bits per heavy atom. The molecule has 0 aromatic rings. The largest absolute Gasteiger partial charge is 0.465 e. The monoisotopic (exact) mass is 564 g/mol. The topological polar surface area (TPSA) is 35.5 Å². The standard InChI is InChI=1S/C15H13F17O3/c1-3-6(2)7(33)34-5-4-8(16,13(25,26)27)35-15(31,32)12(23,24)10(19,20)9(17,18)11(21,22)14(28,29)30/h6H,3-5H2,1-2H3. The molecule has 0 aliphatic rings. The fourth-order valence-electron chi connectivity index (χ4n) is 1.86. The molecule has 0 heterocycles. The highest BCUT2D eigenvalue weighted by atomic mass is 19.4. The van der Waals surface area contributed by atoms with Crippen LogP contribution in [-0.2, 0) is 14.3 Å². The summed E-state index contributed by atoms with van der Waals surface area (Å²) in [7, 11) is 0. The molecule has 0 spiro atoms. The first-order valence-electron chi connectivity index (χ1n) is 8.65. The number of ether oxygens (including phenoxy) is 2. The molecule has 0 aromatic heterocycles. The van der Waals surface area contributed by atoms with Crippen molar-refractivity contribution >= 4 is 5.97 Å². The van der Waals surface area contributed by atoms with E-state index < -0.39 is 72.9 Å². The molecular weight excluding hydrogens is 551 g/mol. The summed E-state index contributed by atoms with van der Waals surface area (Å²) in [6.07, 6.45) is -25.2. The van der Waals surface area contributed by atoms with Crippen molar-refractivity contribution < 1.29 is 88.9 Å². The molecule has 0 aliphatic carbocycles. The molecule has 0 saturated heterocycles. The van der Waals surface area contributed by atoms with E-state index in [4.69, 9.17) is 0 Å². The van der Waals surface area contributed by atoms with E-state index in [1.807, 2.05) is 4.74 Å². The van der Waals surface area contributed by atoms with Gasteiger partial charge in [0.1, 0.15) is 0 Å². The maximum absolute atomic E-state index is 14.1. The maximum Gasteiger partial charge on any atom is 0.460 e. The molecule has 0 bridgehead atoms. The van der Waals surface area contributed by atoms with Crippen molar-refractivity contribution in [2.24, 2.45) is 5.92 Å². The van der Waals surface area contributed by atoms with Crippen molar-refractivity contribution in [3.05, 3.63) is 0 Å². The van der Waals surface area contributed by atoms with Gasteiger partial charge in [-0.15, -0.1) is 0 Å². The van der Waals surface area contributed by atoms with E-state index in [9.17, 15) is 79.4 Å². The normalized spacial score (nSPS) is 17.7. The van der Waals surface area contributed by atoms with Crippen molar-refractivity contribution in [3.8, 4) is 0 Å². The number of carbonyl (C=O) groups excluding carboxylic acids is 1. The summed E-state index contributed by atoms with van der Waals surface area (Å²) < 4.78 is 227. The van der Waals surface area contributed by atoms with Crippen molar-refractivity contribution in [1.29, 1.82) is 0 Å². The lowest BCUT2D eigenvalue weighted by molar-refractivity contribution is -0.499. The highest BCUT2D eigenvalue weighted by Gasteiger charge is 2.92. The van der Waals surface area contributed by atoms with Crippen LogP contribution >= 0.6 is 0 Å². The molecule has 0 rings (SSSR count). The highest BCUT2D eigenvalue weighted by molar-refractivity contribution is 5.71. The highest BCUT2D eigenvalue weighted by Crippen LogP contribution is 2.61. The fourth-order valence-corrected chi connectivity index (χ4v) is 1.86. The maximum atomic E-state index is 14.1. The second-order valence-electron chi connectivity index (χ2n) is 6.87. The SMILES string of the molecule is CCC(C)C(=O)OCCC(F)(OC(F)(F)C(F)(F)C(F)(F)C(F)(F)C(F)(F)C(F)(F)F)C(F)(F)F. The molecule has 2 atom stereocenters. The number of halogens is 17. The molecule has 0 radical (unpaired) electrons. The predicted molar refractivity (Wildman–Crippen MR) is 76.8 cm³/mol. The first-order valence-corrected chi connectivity index (χ1v) is 8.65. The van der Waals surface area contributed by atoms with E-state index >= 15 is 0 Å². The molecule has 210 valence electrons. The van der Waals surface area contributed by atoms with Crippen LogP contribution in [0.4, 0.5) is 74.6 Å². The Morgan fingerprint density at radius 3 is 1.40 bits per heavy atom. The van der Waals surface area contributed by atoms with Crippen LogP contribution in [0.25, 0.3) is 0 Å². The van der Waals surface area contributed by atoms with Gasteiger partial charge in [0.2, 0.25) is 0 Å². The zero-order valence-electron chi connectivity index (χ0n) is 16.8. The Labute approximate surface area is 183 Å². The van der Waals surface area contributed by atoms with Crippen LogP contribution < -0.4 is 0 Å². The van der Waals surface area contributed by atoms with Crippen LogP contribution in [0.15, 0.2) is 0 Å². The zero-order chi connectivity index (χ0) is 28.7. The fraction of sp³-hybridized carbons (Fsp3) is 0.933. The van der Waals surface area contributed by atoms with Gasteiger partial charge in [-0.3, -0.25) is 9.53 Å². The van der Waals surface area contributed by atoms with E-state index in [2.05, 4.69) is 4.74 Å². The number of alkyl halides is 17. The van der Waals surface area contributed by atoms with E-state index in [0.29, 0.717) is 0 Å². The van der Waals surface area contributed by atoms with Gasteiger partial charge in [-0.1, -0.05) is 13.8 Å². The molecule has 20 heteroatoms. The van der Waals surface area contributed by atoms with E-state index in [0.717, 1.165) is 6.92 Å². The molecule has 0 saturated carbocycles. The number of hydrogen-bond donors (Lipinski definition) is 0. The first kappa shape index (κ1) is 33.2. The van der Waals surface area contributed by atoms with Crippen LogP contribution in [0.1, 0.15) is 26.7 Å². The molecule has 2 unspecified atom stereocenters. The second-order valence-corrected chi connectivity index (χ2v) is 6.87. The average molecular weight is 564 g/mol. The van der Waals surface area contributed by atoms with Crippen molar-refractivity contribution in [3.63, 3.8) is 0 Å². The smallest absolute Gasteiger partial charge is 0.460 e. The Balaban J connectivity index is 6.27. The molecular formula is C15H13F17O3. The third-order valence-electron chi connectivity index (χ3n) is 4.30. The van der Waals surface area contributed by atoms with Gasteiger partial charge in [0.15, 0.2) is 0 Å². The summed E-state index contributed by atoms with van der Waals surface area (Å²) in [5.74, 6) is -42.0. The first-order chi connectivity index (χ1) is 15.1. The van der Waals surface area contributed by atoms with Crippen LogP contribution in [-0.4, -0.2) is 60.6 Å². The van der Waals surface area contributed by atoms with Gasteiger partial charge in [-0.25, -0.2) is 4.39 Å². The second kappa shape index (κ2) is 9.60. The molecule has 0 N–H and O–H groups in total. The molecule has 3 nitrogen and oxygen atoms in total. The van der Waals surface area contributed by atoms with Crippen molar-refractivity contribution in [2.75, 3.05) is 6.61 Å². The number of carbonyl (C=O) groups is 1. The lowest BCUT2D eigenvalue weighted by atomic mass is 9.97. The zero-order valence-corrected chi connectivity index (χ0v) is 16.8. The minimum absolute atomic E-state index is 0.0362. The number of hydrogen-bond acceptors (Lipinski definition) is 3. The molecule has 35 heavy (non-hydrogen) atoms. The lowest BCUT2D eigenvalue weighted by Gasteiger charge is -2.41. The molecule has 0 aliphatic heterocycles. The Hall–Kier alpha value is -1.76. The summed E-state index contributed by atoms with van der Waals surface area (Å²) >= 11 is 0. The van der Waals surface area contributed by atoms with Gasteiger partial charge in [0.25, 0.3) is 0 Å². The predicted octanol–water partition coefficient (Wildman–Crippen LogP) is 6.91. The average Bonchev–Trinajstić information content (AvgIpc) is 2.64. The van der Waals surface area contributed by atoms with Crippen LogP contribution in [0.2, 0.25) is 0 Å². The van der Waals surface area contributed by atoms with E-state index in [1.165, 1.54) is 6.92 Å². The summed E-state index contributed by atoms with van der Waals surface area (Å²) in [6.45, 7) is 0.517. The summed E-state index contributed by atoms with van der Waals surface area (Å²) in [6, 6.07) is 0. The van der Waals surface area contributed by atoms with Gasteiger partial charge in [0, 0.05) is 0 Å². The Morgan fingerprint density at radius 1 is 0.657 bits per heavy atom. The lowest BCUT2D eigenvalue weighted by Crippen LogP contribution is -2.71. The van der Waals surface area contributed by atoms with E-state index in [-0.39, 0.29) is 6.42 Å². The van der Waals surface area contributed by atoms with Crippen LogP contribution in [0.5, 0.6) is 0 Å². The Bertz CT molecular complexity index is 742. The third kappa shape index (κ3) is 5.81. The van der Waals surface area contributed by atoms with Gasteiger partial charge in [-0.2, -0.15) is 70.2 Å². The minimum atomic E-state index is -8.49. The molecule has 0 fully saturated rings. The summed E-state index contributed by atoms with van der Waals surface area (Å²) in [5.41, 5.74) is 0. The van der Waals surface area contributed by atoms with Crippen molar-refractivity contribution in [2.45, 2.75) is 74.7 Å². The summed E-state index contributed by atoms with van der Waals surface area (Å²) in [5, 5.41) is 0. The molecule has 0 amide bonds. The quantitative estimate of drug-likeness (QED) is 0.202. The third-order valence-corrected chi connectivity index (χ3v) is 4.30. The van der Waals surface area contributed by atoms with Gasteiger partial charge < -0.3 is 4.74 Å². The van der Waals surface area contributed by atoms with Gasteiger partial charge in [0.05, 0.1) is 18.9 Å². The number of rotatable bonds is 11. The molecule has 0 aromatic carbocycles. The van der Waals surface area contributed by atoms with Crippen LogP contribution in [0.3, 0.4) is 0 Å². The van der Waals surface area contributed by atoms with Crippen LogP contribution in [0, 0.1) is 5.92 Å². The summed E-state index contributed by atoms with van der Waals surface area (Å²) in [4.78, 5) is 11.3. The minimum Gasteiger partial charge on any atom is -0.465 e. The van der Waals surface area contributed by atoms with Crippen molar-refractivity contribution in [1.82, 2.24) is 0 Å². The number of esters is 1. The van der Waals surface area contributed by atoms with E-state index in [1.54, 1.807) is 0 Å².